The van der Waals surface area contributed by atoms with Crippen LogP contribution in [0.3, 0.4) is 0 Å². The molecule has 0 aliphatic heterocycles. The van der Waals surface area contributed by atoms with Gasteiger partial charge in [-0.25, -0.2) is 0 Å². The van der Waals surface area contributed by atoms with Crippen LogP contribution >= 0.6 is 50.7 Å². The number of rotatable bonds is 3. The van der Waals surface area contributed by atoms with E-state index < -0.39 is 6.10 Å². The molecular formula is C14H10BrCl3O. The van der Waals surface area contributed by atoms with E-state index in [2.05, 4.69) is 15.9 Å². The lowest BCUT2D eigenvalue weighted by Crippen LogP contribution is -2.02. The molecule has 0 spiro atoms. The van der Waals surface area contributed by atoms with Gasteiger partial charge in [0.25, 0.3) is 0 Å². The molecule has 0 aliphatic rings. The second-order valence-corrected chi connectivity index (χ2v) is 6.34. The van der Waals surface area contributed by atoms with Crippen LogP contribution in [0, 0.1) is 0 Å². The molecule has 0 fully saturated rings. The zero-order valence-corrected chi connectivity index (χ0v) is 13.6. The van der Waals surface area contributed by atoms with E-state index in [1.807, 2.05) is 12.1 Å². The van der Waals surface area contributed by atoms with Gasteiger partial charge in [0.05, 0.1) is 16.1 Å². The molecule has 1 N–H and O–H groups in total. The third-order valence-electron chi connectivity index (χ3n) is 2.68. The van der Waals surface area contributed by atoms with E-state index in [4.69, 9.17) is 34.8 Å². The molecule has 19 heavy (non-hydrogen) atoms. The normalized spacial score (nSPS) is 12.5. The van der Waals surface area contributed by atoms with Crippen LogP contribution in [0.15, 0.2) is 40.9 Å². The van der Waals surface area contributed by atoms with Crippen LogP contribution in [0.1, 0.15) is 17.2 Å². The molecular weight excluding hydrogens is 370 g/mol. The van der Waals surface area contributed by atoms with E-state index in [0.717, 1.165) is 15.6 Å². The van der Waals surface area contributed by atoms with E-state index in [9.17, 15) is 5.11 Å². The summed E-state index contributed by atoms with van der Waals surface area (Å²) in [5.41, 5.74) is 1.67. The van der Waals surface area contributed by atoms with E-state index in [1.54, 1.807) is 24.3 Å². The molecule has 0 amide bonds. The number of aliphatic hydroxyl groups excluding tert-OH is 1. The minimum atomic E-state index is -0.646. The Morgan fingerprint density at radius 1 is 1.00 bits per heavy atom. The van der Waals surface area contributed by atoms with Crippen molar-refractivity contribution in [1.82, 2.24) is 0 Å². The van der Waals surface area contributed by atoms with Gasteiger partial charge in [-0.1, -0.05) is 56.8 Å². The van der Waals surface area contributed by atoms with Crippen LogP contribution < -0.4 is 0 Å². The van der Waals surface area contributed by atoms with Gasteiger partial charge in [0, 0.05) is 15.9 Å². The molecule has 2 aromatic rings. The van der Waals surface area contributed by atoms with Crippen molar-refractivity contribution in [2.75, 3.05) is 0 Å². The van der Waals surface area contributed by atoms with Crippen LogP contribution in [-0.2, 0) is 6.42 Å². The highest BCUT2D eigenvalue weighted by Crippen LogP contribution is 2.28. The second kappa shape index (κ2) is 6.47. The fraction of sp³-hybridized carbons (Fsp3) is 0.143. The van der Waals surface area contributed by atoms with Gasteiger partial charge in [0.15, 0.2) is 0 Å². The van der Waals surface area contributed by atoms with Crippen molar-refractivity contribution in [2.45, 2.75) is 12.5 Å². The van der Waals surface area contributed by atoms with Crippen LogP contribution in [0.2, 0.25) is 15.1 Å². The number of hydrogen-bond donors (Lipinski definition) is 1. The molecule has 0 radical (unpaired) electrons. The Morgan fingerprint density at radius 2 is 1.74 bits per heavy atom. The summed E-state index contributed by atoms with van der Waals surface area (Å²) in [5, 5.41) is 11.8. The van der Waals surface area contributed by atoms with Crippen molar-refractivity contribution in [2.24, 2.45) is 0 Å². The minimum absolute atomic E-state index is 0.448. The summed E-state index contributed by atoms with van der Waals surface area (Å²) in [7, 11) is 0. The fourth-order valence-electron chi connectivity index (χ4n) is 1.78. The van der Waals surface area contributed by atoms with Gasteiger partial charge in [-0.2, -0.15) is 0 Å². The molecule has 1 unspecified atom stereocenters. The molecule has 0 heterocycles. The van der Waals surface area contributed by atoms with Gasteiger partial charge in [0.2, 0.25) is 0 Å². The fourth-order valence-corrected chi connectivity index (χ4v) is 2.98. The summed E-state index contributed by atoms with van der Waals surface area (Å²) in [6, 6.07) is 10.7. The largest absolute Gasteiger partial charge is 0.388 e. The average molecular weight is 380 g/mol. The second-order valence-electron chi connectivity index (χ2n) is 4.17. The first-order valence-electron chi connectivity index (χ1n) is 5.53. The maximum atomic E-state index is 10.2. The standard InChI is InChI=1S/C14H10BrCl3O/c15-10-5-9(6-11(16)7-10)14(19)4-8-1-2-12(17)13(18)3-8/h1-3,5-7,14,19H,4H2. The van der Waals surface area contributed by atoms with Crippen molar-refractivity contribution < 1.29 is 5.11 Å². The highest BCUT2D eigenvalue weighted by atomic mass is 79.9. The molecule has 100 valence electrons. The Bertz CT molecular complexity index is 581. The molecule has 0 aliphatic carbocycles. The van der Waals surface area contributed by atoms with Crippen LogP contribution in [0.5, 0.6) is 0 Å². The lowest BCUT2D eigenvalue weighted by Gasteiger charge is -2.12. The van der Waals surface area contributed by atoms with Crippen molar-refractivity contribution >= 4 is 50.7 Å². The van der Waals surface area contributed by atoms with Crippen molar-refractivity contribution in [3.63, 3.8) is 0 Å². The highest BCUT2D eigenvalue weighted by molar-refractivity contribution is 9.10. The predicted octanol–water partition coefficient (Wildman–Crippen LogP) is 5.69. The lowest BCUT2D eigenvalue weighted by molar-refractivity contribution is 0.178. The molecule has 0 bridgehead atoms. The number of aliphatic hydroxyl groups is 1. The molecule has 0 saturated heterocycles. The molecule has 0 aromatic heterocycles. The van der Waals surface area contributed by atoms with E-state index in [-0.39, 0.29) is 0 Å². The summed E-state index contributed by atoms with van der Waals surface area (Å²) < 4.78 is 0.836. The Hall–Kier alpha value is -0.250. The smallest absolute Gasteiger partial charge is 0.0831 e. The van der Waals surface area contributed by atoms with E-state index in [0.29, 0.717) is 21.5 Å². The van der Waals surface area contributed by atoms with Crippen LogP contribution in [0.25, 0.3) is 0 Å². The predicted molar refractivity (Wildman–Crippen MR) is 84.3 cm³/mol. The quantitative estimate of drug-likeness (QED) is 0.726. The van der Waals surface area contributed by atoms with Gasteiger partial charge in [-0.15, -0.1) is 0 Å². The molecule has 1 atom stereocenters. The number of hydrogen-bond acceptors (Lipinski definition) is 1. The lowest BCUT2D eigenvalue weighted by atomic mass is 10.0. The van der Waals surface area contributed by atoms with Crippen molar-refractivity contribution in [3.05, 3.63) is 67.1 Å². The molecule has 2 aromatic carbocycles. The Labute approximate surface area is 135 Å². The molecule has 0 saturated carbocycles. The third kappa shape index (κ3) is 4.11. The zero-order valence-electron chi connectivity index (χ0n) is 9.71. The Balaban J connectivity index is 2.20. The van der Waals surface area contributed by atoms with Gasteiger partial charge in [-0.3, -0.25) is 0 Å². The monoisotopic (exact) mass is 378 g/mol. The van der Waals surface area contributed by atoms with Crippen molar-refractivity contribution in [3.8, 4) is 0 Å². The van der Waals surface area contributed by atoms with Gasteiger partial charge >= 0.3 is 0 Å². The topological polar surface area (TPSA) is 20.2 Å². The Morgan fingerprint density at radius 3 is 2.37 bits per heavy atom. The molecule has 5 heteroatoms. The highest BCUT2D eigenvalue weighted by Gasteiger charge is 2.11. The van der Waals surface area contributed by atoms with Crippen LogP contribution in [0.4, 0.5) is 0 Å². The van der Waals surface area contributed by atoms with E-state index >= 15 is 0 Å². The average Bonchev–Trinajstić information content (AvgIpc) is 2.32. The molecule has 1 nitrogen and oxygen atoms in total. The van der Waals surface area contributed by atoms with Gasteiger partial charge < -0.3 is 5.11 Å². The van der Waals surface area contributed by atoms with Crippen molar-refractivity contribution in [1.29, 1.82) is 0 Å². The SMILES string of the molecule is OC(Cc1ccc(Cl)c(Cl)c1)c1cc(Cl)cc(Br)c1. The summed E-state index contributed by atoms with van der Waals surface area (Å²) in [6.07, 6.45) is -0.198. The molecule has 2 rings (SSSR count). The number of halogens is 4. The first-order valence-corrected chi connectivity index (χ1v) is 7.46. The summed E-state index contributed by atoms with van der Waals surface area (Å²) in [5.74, 6) is 0. The summed E-state index contributed by atoms with van der Waals surface area (Å²) in [4.78, 5) is 0. The number of benzene rings is 2. The maximum absolute atomic E-state index is 10.2. The zero-order chi connectivity index (χ0) is 14.0. The Kier molecular flexibility index (Phi) is 5.15. The first-order chi connectivity index (χ1) is 8.95. The van der Waals surface area contributed by atoms with Gasteiger partial charge in [0.1, 0.15) is 0 Å². The minimum Gasteiger partial charge on any atom is -0.388 e. The van der Waals surface area contributed by atoms with E-state index in [1.165, 1.54) is 0 Å². The van der Waals surface area contributed by atoms with Gasteiger partial charge in [-0.05, 0) is 41.5 Å². The summed E-state index contributed by atoms with van der Waals surface area (Å²) >= 11 is 21.1. The summed E-state index contributed by atoms with van der Waals surface area (Å²) in [6.45, 7) is 0. The third-order valence-corrected chi connectivity index (χ3v) is 4.10. The first kappa shape index (κ1) is 15.1. The maximum Gasteiger partial charge on any atom is 0.0831 e. The van der Waals surface area contributed by atoms with Crippen LogP contribution in [-0.4, -0.2) is 5.11 Å².